The Morgan fingerprint density at radius 1 is 1.50 bits per heavy atom. The molecule has 0 aliphatic carbocycles. The molecule has 0 spiro atoms. The Balaban J connectivity index is 3.82. The normalized spacial score (nSPS) is 11.4. The molecule has 0 aromatic carbocycles. The van der Waals surface area contributed by atoms with Crippen LogP contribution in [0.25, 0.3) is 0 Å². The van der Waals surface area contributed by atoms with Crippen LogP contribution in [0.3, 0.4) is 0 Å². The number of rotatable bonds is 2. The van der Waals surface area contributed by atoms with Crippen molar-refractivity contribution in [2.24, 2.45) is 5.14 Å². The second-order valence-corrected chi connectivity index (χ2v) is 4.25. The average molecular weight is 249 g/mol. The highest BCUT2D eigenvalue weighted by Crippen LogP contribution is 2.24. The zero-order valence-electron chi connectivity index (χ0n) is 7.57. The van der Waals surface area contributed by atoms with Crippen LogP contribution in [0, 0.1) is 11.3 Å². The van der Waals surface area contributed by atoms with Gasteiger partial charge in [0.2, 0.25) is 15.6 Å². The number of nitriles is 1. The van der Waals surface area contributed by atoms with Crippen LogP contribution in [0.15, 0.2) is 15.8 Å². The van der Waals surface area contributed by atoms with Crippen LogP contribution in [-0.4, -0.2) is 13.4 Å². The number of hydrogen-bond donors (Lipinski definition) is 2. The monoisotopic (exact) mass is 249 g/mol. The topological polar surface area (TPSA) is 117 Å². The summed E-state index contributed by atoms with van der Waals surface area (Å²) < 4.78 is 47.0. The number of nitrogens with two attached hydrogens (primary N) is 1. The third-order valence-corrected chi connectivity index (χ3v) is 2.65. The van der Waals surface area contributed by atoms with Crippen molar-refractivity contribution >= 4 is 10.0 Å². The smallest absolute Gasteiger partial charge is 0.279 e. The predicted molar refractivity (Wildman–Crippen MR) is 48.1 cm³/mol. The first-order valence-electron chi connectivity index (χ1n) is 3.75. The van der Waals surface area contributed by atoms with Crippen molar-refractivity contribution in [3.8, 4) is 6.07 Å². The van der Waals surface area contributed by atoms with Gasteiger partial charge in [-0.15, -0.1) is 0 Å². The Labute approximate surface area is 88.4 Å². The van der Waals surface area contributed by atoms with E-state index in [0.717, 1.165) is 0 Å². The molecule has 0 saturated heterocycles. The molecule has 1 rings (SSSR count). The zero-order valence-corrected chi connectivity index (χ0v) is 8.38. The van der Waals surface area contributed by atoms with Crippen molar-refractivity contribution in [1.82, 2.24) is 4.98 Å². The largest absolute Gasteiger partial charge is 0.320 e. The summed E-state index contributed by atoms with van der Waals surface area (Å²) in [5, 5.41) is 13.2. The van der Waals surface area contributed by atoms with E-state index >= 15 is 0 Å². The number of aromatic amines is 1. The molecule has 0 bridgehead atoms. The van der Waals surface area contributed by atoms with Crippen LogP contribution in [-0.2, 0) is 10.0 Å². The van der Waals surface area contributed by atoms with E-state index < -0.39 is 38.2 Å². The number of aromatic nitrogens is 1. The van der Waals surface area contributed by atoms with E-state index in [9.17, 15) is 22.0 Å². The van der Waals surface area contributed by atoms with Gasteiger partial charge in [0.25, 0.3) is 6.43 Å². The molecule has 0 fully saturated rings. The van der Waals surface area contributed by atoms with Crippen molar-refractivity contribution in [3.05, 3.63) is 27.7 Å². The molecular formula is C7H5F2N3O3S. The molecule has 0 aliphatic rings. The predicted octanol–water partition coefficient (Wildman–Crippen LogP) is -0.168. The van der Waals surface area contributed by atoms with Crippen LogP contribution in [0.4, 0.5) is 8.78 Å². The second kappa shape index (κ2) is 3.99. The highest BCUT2D eigenvalue weighted by atomic mass is 32.2. The third kappa shape index (κ3) is 2.23. The minimum absolute atomic E-state index is 0.589. The van der Waals surface area contributed by atoms with Crippen molar-refractivity contribution in [2.45, 2.75) is 11.3 Å². The number of primary sulfonamides is 1. The van der Waals surface area contributed by atoms with E-state index in [1.54, 1.807) is 4.98 Å². The first-order valence-corrected chi connectivity index (χ1v) is 5.30. The molecule has 1 heterocycles. The zero-order chi connectivity index (χ0) is 12.5. The summed E-state index contributed by atoms with van der Waals surface area (Å²) in [6.07, 6.45) is -3.26. The molecule has 0 saturated carbocycles. The fraction of sp³-hybridized carbons (Fsp3) is 0.143. The highest BCUT2D eigenvalue weighted by molar-refractivity contribution is 7.89. The van der Waals surface area contributed by atoms with Crippen molar-refractivity contribution in [2.75, 3.05) is 0 Å². The van der Waals surface area contributed by atoms with Gasteiger partial charge in [-0.25, -0.2) is 22.3 Å². The van der Waals surface area contributed by atoms with Gasteiger partial charge in [-0.3, -0.25) is 4.79 Å². The van der Waals surface area contributed by atoms with Crippen molar-refractivity contribution < 1.29 is 17.2 Å². The molecule has 0 atom stereocenters. The molecule has 0 aliphatic heterocycles. The van der Waals surface area contributed by atoms with Crippen molar-refractivity contribution in [3.63, 3.8) is 0 Å². The Morgan fingerprint density at radius 3 is 2.44 bits per heavy atom. The fourth-order valence-electron chi connectivity index (χ4n) is 1.11. The fourth-order valence-corrected chi connectivity index (χ4v) is 1.97. The molecule has 6 nitrogen and oxygen atoms in total. The van der Waals surface area contributed by atoms with Gasteiger partial charge in [-0.1, -0.05) is 0 Å². The van der Waals surface area contributed by atoms with Crippen LogP contribution >= 0.6 is 0 Å². The van der Waals surface area contributed by atoms with Gasteiger partial charge in [0.15, 0.2) is 0 Å². The number of H-pyrrole nitrogens is 1. The van der Waals surface area contributed by atoms with E-state index in [-0.39, 0.29) is 0 Å². The molecule has 16 heavy (non-hydrogen) atoms. The lowest BCUT2D eigenvalue weighted by atomic mass is 10.2. The lowest BCUT2D eigenvalue weighted by Crippen LogP contribution is -2.21. The Hall–Kier alpha value is -1.79. The van der Waals surface area contributed by atoms with Gasteiger partial charge in [0.05, 0.1) is 5.56 Å². The van der Waals surface area contributed by atoms with Gasteiger partial charge >= 0.3 is 0 Å². The molecule has 0 amide bonds. The maximum Gasteiger partial charge on any atom is 0.279 e. The summed E-state index contributed by atoms with van der Waals surface area (Å²) in [6.45, 7) is 0. The Kier molecular flexibility index (Phi) is 3.06. The minimum Gasteiger partial charge on any atom is -0.320 e. The second-order valence-electron chi connectivity index (χ2n) is 2.75. The number of alkyl halides is 2. The number of nitrogens with zero attached hydrogens (tertiary/aromatic N) is 1. The highest BCUT2D eigenvalue weighted by Gasteiger charge is 2.25. The van der Waals surface area contributed by atoms with E-state index in [4.69, 9.17) is 5.26 Å². The number of hydrogen-bond acceptors (Lipinski definition) is 4. The van der Waals surface area contributed by atoms with E-state index in [1.807, 2.05) is 0 Å². The number of sulfonamides is 1. The lowest BCUT2D eigenvalue weighted by Gasteiger charge is -2.07. The van der Waals surface area contributed by atoms with Gasteiger partial charge in [0, 0.05) is 6.07 Å². The van der Waals surface area contributed by atoms with E-state index in [1.165, 1.54) is 6.07 Å². The molecule has 0 radical (unpaired) electrons. The first-order chi connectivity index (χ1) is 7.27. The molecule has 9 heteroatoms. The SMILES string of the molecule is N#Cc1cc(=O)[nH]c(C(F)F)c1S(N)(=O)=O. The summed E-state index contributed by atoms with van der Waals surface area (Å²) in [7, 11) is -4.51. The molecule has 1 aromatic heterocycles. The summed E-state index contributed by atoms with van der Waals surface area (Å²) in [5.74, 6) is 0. The Morgan fingerprint density at radius 2 is 2.06 bits per heavy atom. The van der Waals surface area contributed by atoms with Gasteiger partial charge in [-0.2, -0.15) is 5.26 Å². The number of nitrogens with one attached hydrogen (secondary N) is 1. The molecule has 0 unspecified atom stereocenters. The van der Waals surface area contributed by atoms with Crippen LogP contribution < -0.4 is 10.7 Å². The summed E-state index contributed by atoms with van der Waals surface area (Å²) >= 11 is 0. The van der Waals surface area contributed by atoms with Crippen LogP contribution in [0.1, 0.15) is 17.7 Å². The van der Waals surface area contributed by atoms with Gasteiger partial charge in [0.1, 0.15) is 16.7 Å². The van der Waals surface area contributed by atoms with E-state index in [2.05, 4.69) is 5.14 Å². The quantitative estimate of drug-likeness (QED) is 0.756. The maximum absolute atomic E-state index is 12.5. The van der Waals surface area contributed by atoms with Crippen LogP contribution in [0.2, 0.25) is 0 Å². The number of halogens is 2. The van der Waals surface area contributed by atoms with Gasteiger partial charge in [-0.05, 0) is 0 Å². The molecular weight excluding hydrogens is 244 g/mol. The summed E-state index contributed by atoms with van der Waals surface area (Å²) in [4.78, 5) is 11.5. The number of pyridine rings is 1. The van der Waals surface area contributed by atoms with Crippen molar-refractivity contribution in [1.29, 1.82) is 5.26 Å². The molecule has 1 aromatic rings. The van der Waals surface area contributed by atoms with Crippen LogP contribution in [0.5, 0.6) is 0 Å². The average Bonchev–Trinajstić information content (AvgIpc) is 2.14. The maximum atomic E-state index is 12.5. The minimum atomic E-state index is -4.51. The summed E-state index contributed by atoms with van der Waals surface area (Å²) in [5.41, 5.74) is -2.88. The first kappa shape index (κ1) is 12.3. The molecule has 3 N–H and O–H groups in total. The Bertz CT molecular complexity index is 615. The standard InChI is InChI=1S/C7H5F2N3O3S/c8-7(9)5-6(16(11,14)15)3(2-10)1-4(13)12-5/h1,7H,(H,12,13)(H2,11,14,15). The van der Waals surface area contributed by atoms with Gasteiger partial charge < -0.3 is 4.98 Å². The lowest BCUT2D eigenvalue weighted by molar-refractivity contribution is 0.142. The molecule has 86 valence electrons. The third-order valence-electron chi connectivity index (χ3n) is 1.65. The van der Waals surface area contributed by atoms with E-state index in [0.29, 0.717) is 6.07 Å². The summed E-state index contributed by atoms with van der Waals surface area (Å²) in [6, 6.07) is 1.91.